The van der Waals surface area contributed by atoms with Gasteiger partial charge in [-0.05, 0) is 0 Å². The number of amides is 2. The van der Waals surface area contributed by atoms with Gasteiger partial charge in [0.2, 0.25) is 0 Å². The van der Waals surface area contributed by atoms with Crippen molar-refractivity contribution in [3.05, 3.63) is 0 Å². The summed E-state index contributed by atoms with van der Waals surface area (Å²) in [6.07, 6.45) is -0.0278. The number of nitrogens with one attached hydrogen (secondary N) is 1. The normalized spacial score (nSPS) is 29.8. The molecule has 0 aliphatic carbocycles. The third kappa shape index (κ3) is 1.60. The second-order valence-corrected chi connectivity index (χ2v) is 3.22. The van der Waals surface area contributed by atoms with Gasteiger partial charge in [-0.1, -0.05) is 0 Å². The molecule has 13 heavy (non-hydrogen) atoms. The Bertz CT molecular complexity index is 209. The summed E-state index contributed by atoms with van der Waals surface area (Å²) in [6.45, 7) is 4.04. The molecule has 2 saturated heterocycles. The molecule has 0 spiro atoms. The van der Waals surface area contributed by atoms with E-state index in [1.165, 1.54) is 5.06 Å². The summed E-state index contributed by atoms with van der Waals surface area (Å²) in [7, 11) is 0. The zero-order chi connectivity index (χ0) is 9.26. The highest BCUT2D eigenvalue weighted by Crippen LogP contribution is 2.13. The summed E-state index contributed by atoms with van der Waals surface area (Å²) in [5.41, 5.74) is 5.18. The van der Waals surface area contributed by atoms with Crippen molar-refractivity contribution >= 4 is 6.03 Å². The Hall–Kier alpha value is -0.850. The molecule has 2 aliphatic rings. The zero-order valence-electron chi connectivity index (χ0n) is 7.40. The number of hydrogen-bond donors (Lipinski definition) is 2. The van der Waals surface area contributed by atoms with E-state index in [9.17, 15) is 4.79 Å². The van der Waals surface area contributed by atoms with Crippen LogP contribution in [-0.4, -0.2) is 54.9 Å². The first-order chi connectivity index (χ1) is 6.29. The van der Waals surface area contributed by atoms with Gasteiger partial charge in [0.05, 0.1) is 6.61 Å². The van der Waals surface area contributed by atoms with Gasteiger partial charge in [0, 0.05) is 26.2 Å². The lowest BCUT2D eigenvalue weighted by atomic mass is 10.3. The van der Waals surface area contributed by atoms with Gasteiger partial charge in [-0.3, -0.25) is 9.74 Å². The molecule has 2 amide bonds. The van der Waals surface area contributed by atoms with E-state index in [0.717, 1.165) is 26.2 Å². The van der Waals surface area contributed by atoms with Crippen LogP contribution >= 0.6 is 0 Å². The van der Waals surface area contributed by atoms with Crippen molar-refractivity contribution in [3.63, 3.8) is 0 Å². The minimum absolute atomic E-state index is 0.0278. The molecule has 0 saturated carbocycles. The number of carbonyl (C=O) groups excluding carboxylic acids is 1. The Kier molecular flexibility index (Phi) is 2.34. The molecule has 2 fully saturated rings. The maximum Gasteiger partial charge on any atom is 0.340 e. The third-order valence-corrected chi connectivity index (χ3v) is 2.42. The highest BCUT2D eigenvalue weighted by molar-refractivity contribution is 5.71. The number of rotatable bonds is 0. The SMILES string of the molecule is NC(=O)N1OCCN2CCNCC21. The molecule has 1 unspecified atom stereocenters. The highest BCUT2D eigenvalue weighted by Gasteiger charge is 2.34. The van der Waals surface area contributed by atoms with Gasteiger partial charge in [-0.2, -0.15) is 5.06 Å². The Morgan fingerprint density at radius 2 is 2.38 bits per heavy atom. The Balaban J connectivity index is 2.06. The first kappa shape index (κ1) is 8.74. The lowest BCUT2D eigenvalue weighted by molar-refractivity contribution is -0.220. The number of hydrogen-bond acceptors (Lipinski definition) is 4. The van der Waals surface area contributed by atoms with Gasteiger partial charge < -0.3 is 11.1 Å². The average molecular weight is 186 g/mol. The number of primary amides is 1. The number of nitrogens with zero attached hydrogens (tertiary/aromatic N) is 2. The van der Waals surface area contributed by atoms with Gasteiger partial charge in [0.15, 0.2) is 0 Å². The molecule has 0 aromatic rings. The summed E-state index contributed by atoms with van der Waals surface area (Å²) in [6, 6.07) is -0.515. The Labute approximate surface area is 76.6 Å². The van der Waals surface area contributed by atoms with Crippen molar-refractivity contribution in [1.29, 1.82) is 0 Å². The summed E-state index contributed by atoms with van der Waals surface area (Å²) in [5.74, 6) is 0. The number of urea groups is 1. The van der Waals surface area contributed by atoms with Crippen molar-refractivity contribution in [2.45, 2.75) is 6.17 Å². The van der Waals surface area contributed by atoms with E-state index >= 15 is 0 Å². The van der Waals surface area contributed by atoms with Crippen LogP contribution in [0.2, 0.25) is 0 Å². The zero-order valence-corrected chi connectivity index (χ0v) is 7.40. The fourth-order valence-electron chi connectivity index (χ4n) is 1.78. The Morgan fingerprint density at radius 1 is 1.54 bits per heavy atom. The second-order valence-electron chi connectivity index (χ2n) is 3.22. The maximum atomic E-state index is 11.0. The smallest absolute Gasteiger partial charge is 0.340 e. The van der Waals surface area contributed by atoms with Crippen molar-refractivity contribution in [2.24, 2.45) is 5.73 Å². The summed E-state index contributed by atoms with van der Waals surface area (Å²) in [4.78, 5) is 18.4. The van der Waals surface area contributed by atoms with Crippen LogP contribution in [0, 0.1) is 0 Å². The molecule has 74 valence electrons. The average Bonchev–Trinajstić information content (AvgIpc) is 2.17. The first-order valence-corrected chi connectivity index (χ1v) is 4.45. The molecule has 1 atom stereocenters. The van der Waals surface area contributed by atoms with Crippen LogP contribution < -0.4 is 11.1 Å². The van der Waals surface area contributed by atoms with E-state index in [0.29, 0.717) is 6.61 Å². The van der Waals surface area contributed by atoms with Crippen LogP contribution in [0.3, 0.4) is 0 Å². The molecule has 0 aromatic carbocycles. The molecule has 6 nitrogen and oxygen atoms in total. The highest BCUT2D eigenvalue weighted by atomic mass is 16.7. The van der Waals surface area contributed by atoms with Crippen molar-refractivity contribution in [2.75, 3.05) is 32.8 Å². The van der Waals surface area contributed by atoms with E-state index in [4.69, 9.17) is 10.6 Å². The van der Waals surface area contributed by atoms with E-state index in [1.54, 1.807) is 0 Å². The van der Waals surface area contributed by atoms with Gasteiger partial charge in [-0.15, -0.1) is 0 Å². The molecule has 2 aliphatic heterocycles. The minimum Gasteiger partial charge on any atom is -0.350 e. The largest absolute Gasteiger partial charge is 0.350 e. The van der Waals surface area contributed by atoms with Crippen LogP contribution in [0.15, 0.2) is 0 Å². The van der Waals surface area contributed by atoms with Crippen LogP contribution in [0.5, 0.6) is 0 Å². The predicted octanol–water partition coefficient (Wildman–Crippen LogP) is -1.46. The third-order valence-electron chi connectivity index (χ3n) is 2.42. The summed E-state index contributed by atoms with van der Waals surface area (Å²) < 4.78 is 0. The predicted molar refractivity (Wildman–Crippen MR) is 45.6 cm³/mol. The maximum absolute atomic E-state index is 11.0. The second kappa shape index (κ2) is 3.49. The molecule has 2 heterocycles. The van der Waals surface area contributed by atoms with Gasteiger partial charge in [0.25, 0.3) is 0 Å². The van der Waals surface area contributed by atoms with Gasteiger partial charge in [0.1, 0.15) is 6.17 Å². The van der Waals surface area contributed by atoms with Crippen molar-refractivity contribution in [1.82, 2.24) is 15.3 Å². The van der Waals surface area contributed by atoms with E-state index in [2.05, 4.69) is 10.2 Å². The lowest BCUT2D eigenvalue weighted by Crippen LogP contribution is -2.64. The molecule has 0 radical (unpaired) electrons. The molecule has 0 aromatic heterocycles. The number of piperazine rings is 1. The topological polar surface area (TPSA) is 70.8 Å². The molecular formula is C7H14N4O2. The fourth-order valence-corrected chi connectivity index (χ4v) is 1.78. The summed E-state index contributed by atoms with van der Waals surface area (Å²) in [5, 5.41) is 4.46. The molecule has 3 N–H and O–H groups in total. The fraction of sp³-hybridized carbons (Fsp3) is 0.857. The molecular weight excluding hydrogens is 172 g/mol. The van der Waals surface area contributed by atoms with Gasteiger partial charge in [-0.25, -0.2) is 4.79 Å². The van der Waals surface area contributed by atoms with Gasteiger partial charge >= 0.3 is 6.03 Å². The Morgan fingerprint density at radius 3 is 3.15 bits per heavy atom. The van der Waals surface area contributed by atoms with E-state index in [-0.39, 0.29) is 6.17 Å². The van der Waals surface area contributed by atoms with Crippen molar-refractivity contribution in [3.8, 4) is 0 Å². The lowest BCUT2D eigenvalue weighted by Gasteiger charge is -2.44. The number of nitrogens with two attached hydrogens (primary N) is 1. The monoisotopic (exact) mass is 186 g/mol. The number of carbonyl (C=O) groups is 1. The van der Waals surface area contributed by atoms with E-state index in [1.807, 2.05) is 0 Å². The molecule has 0 bridgehead atoms. The standard InChI is InChI=1S/C7H14N4O2/c8-7(12)11-6-5-9-1-2-10(6)3-4-13-11/h6,9H,1-5H2,(H2,8,12). The quantitative estimate of drug-likeness (QED) is 0.485. The van der Waals surface area contributed by atoms with Crippen LogP contribution in [0.4, 0.5) is 4.79 Å². The minimum atomic E-state index is -0.515. The molecule has 6 heteroatoms. The number of fused-ring (bicyclic) bond motifs is 1. The molecule has 2 rings (SSSR count). The van der Waals surface area contributed by atoms with Crippen LogP contribution in [-0.2, 0) is 4.84 Å². The van der Waals surface area contributed by atoms with Crippen LogP contribution in [0.25, 0.3) is 0 Å². The van der Waals surface area contributed by atoms with E-state index < -0.39 is 6.03 Å². The van der Waals surface area contributed by atoms with Crippen molar-refractivity contribution < 1.29 is 9.63 Å². The number of hydroxylamine groups is 2. The summed E-state index contributed by atoms with van der Waals surface area (Å²) >= 11 is 0. The van der Waals surface area contributed by atoms with Crippen LogP contribution in [0.1, 0.15) is 0 Å². The first-order valence-electron chi connectivity index (χ1n) is 4.45.